The molecule has 0 saturated carbocycles. The van der Waals surface area contributed by atoms with Crippen molar-refractivity contribution in [3.8, 4) is 5.69 Å². The number of hydrogen-bond acceptors (Lipinski definition) is 2. The highest BCUT2D eigenvalue weighted by molar-refractivity contribution is 7.26. The summed E-state index contributed by atoms with van der Waals surface area (Å²) < 4.78 is 5.16. The van der Waals surface area contributed by atoms with Gasteiger partial charge in [0, 0.05) is 64.5 Å². The van der Waals surface area contributed by atoms with Gasteiger partial charge in [0.2, 0.25) is 0 Å². The molecule has 0 saturated heterocycles. The van der Waals surface area contributed by atoms with E-state index in [0.29, 0.717) is 0 Å². The largest absolute Gasteiger partial charge is 0.310 e. The molecular weight excluding hydrogens is 589 g/mol. The van der Waals surface area contributed by atoms with Gasteiger partial charge in [-0.1, -0.05) is 109 Å². The lowest BCUT2D eigenvalue weighted by Crippen LogP contribution is -2.09. The van der Waals surface area contributed by atoms with Crippen LogP contribution in [0.25, 0.3) is 69.2 Å². The van der Waals surface area contributed by atoms with Gasteiger partial charge in [0.15, 0.2) is 0 Å². The van der Waals surface area contributed by atoms with E-state index in [1.54, 1.807) is 0 Å². The molecule has 0 bridgehead atoms. The normalized spacial score (nSPS) is 11.8. The number of fused-ring (bicyclic) bond motifs is 10. The molecule has 2 heterocycles. The summed E-state index contributed by atoms with van der Waals surface area (Å²) in [4.78, 5) is 2.35. The highest BCUT2D eigenvalue weighted by Gasteiger charge is 2.20. The molecule has 0 radical (unpaired) electrons. The highest BCUT2D eigenvalue weighted by atomic mass is 32.1. The molecule has 8 aromatic carbocycles. The van der Waals surface area contributed by atoms with Crippen molar-refractivity contribution < 1.29 is 0 Å². The Balaban J connectivity index is 1.31. The lowest BCUT2D eigenvalue weighted by Gasteiger charge is -2.25. The van der Waals surface area contributed by atoms with Gasteiger partial charge in [-0.05, 0) is 71.4 Å². The van der Waals surface area contributed by atoms with E-state index in [1.807, 2.05) is 11.3 Å². The molecule has 0 aliphatic rings. The van der Waals surface area contributed by atoms with E-state index in [0.717, 1.165) is 17.1 Å². The van der Waals surface area contributed by atoms with Gasteiger partial charge in [-0.2, -0.15) is 0 Å². The van der Waals surface area contributed by atoms with Crippen molar-refractivity contribution in [2.24, 2.45) is 0 Å². The fourth-order valence-electron chi connectivity index (χ4n) is 7.41. The minimum Gasteiger partial charge on any atom is -0.310 e. The zero-order valence-corrected chi connectivity index (χ0v) is 26.3. The van der Waals surface area contributed by atoms with Crippen molar-refractivity contribution >= 4 is 91.9 Å². The molecule has 0 N–H and O–H groups in total. The Bertz CT molecular complexity index is 2750. The molecule has 3 heteroatoms. The van der Waals surface area contributed by atoms with Gasteiger partial charge in [-0.25, -0.2) is 0 Å². The Kier molecular flexibility index (Phi) is 5.78. The van der Waals surface area contributed by atoms with Crippen LogP contribution < -0.4 is 4.90 Å². The third-order valence-electron chi connectivity index (χ3n) is 9.53. The number of thiophene rings is 1. The molecule has 2 aromatic heterocycles. The fraction of sp³-hybridized carbons (Fsp3) is 0. The lowest BCUT2D eigenvalue weighted by molar-refractivity contribution is 1.19. The molecule has 47 heavy (non-hydrogen) atoms. The van der Waals surface area contributed by atoms with Gasteiger partial charge in [-0.15, -0.1) is 11.3 Å². The number of rotatable bonds is 4. The summed E-state index contributed by atoms with van der Waals surface area (Å²) in [7, 11) is 0. The third kappa shape index (κ3) is 4.04. The first-order chi connectivity index (χ1) is 23.3. The van der Waals surface area contributed by atoms with Crippen LogP contribution >= 0.6 is 11.3 Å². The van der Waals surface area contributed by atoms with Crippen molar-refractivity contribution in [3.63, 3.8) is 0 Å². The first-order valence-electron chi connectivity index (χ1n) is 16.0. The van der Waals surface area contributed by atoms with E-state index in [1.165, 1.54) is 69.2 Å². The van der Waals surface area contributed by atoms with Crippen LogP contribution in [-0.4, -0.2) is 4.57 Å². The Hall–Kier alpha value is -5.90. The molecule has 0 fully saturated rings. The molecule has 220 valence electrons. The van der Waals surface area contributed by atoms with Crippen molar-refractivity contribution in [2.45, 2.75) is 0 Å². The SMILES string of the molecule is c1ccc(N(c2ccccc2)c2ccc3c(c2)c2ccc4c(ccc5c6ccccc6sc54)c2n3-c2ccc3ccccc3c2)cc1. The van der Waals surface area contributed by atoms with Gasteiger partial charge in [-0.3, -0.25) is 0 Å². The van der Waals surface area contributed by atoms with Crippen LogP contribution in [0.2, 0.25) is 0 Å². The minimum atomic E-state index is 1.13. The van der Waals surface area contributed by atoms with E-state index in [2.05, 4.69) is 179 Å². The Morgan fingerprint density at radius 3 is 1.79 bits per heavy atom. The van der Waals surface area contributed by atoms with E-state index < -0.39 is 0 Å². The van der Waals surface area contributed by atoms with Crippen LogP contribution in [0.4, 0.5) is 17.1 Å². The van der Waals surface area contributed by atoms with Crippen LogP contribution in [0.3, 0.4) is 0 Å². The molecule has 10 rings (SSSR count). The molecule has 10 aromatic rings. The maximum absolute atomic E-state index is 2.48. The lowest BCUT2D eigenvalue weighted by atomic mass is 10.0. The summed E-state index contributed by atoms with van der Waals surface area (Å²) in [6.45, 7) is 0. The highest BCUT2D eigenvalue weighted by Crippen LogP contribution is 2.45. The summed E-state index contributed by atoms with van der Waals surface area (Å²) in [5, 5.41) is 10.2. The number of aromatic nitrogens is 1. The quantitative estimate of drug-likeness (QED) is 0.191. The van der Waals surface area contributed by atoms with Gasteiger partial charge >= 0.3 is 0 Å². The molecule has 0 aliphatic heterocycles. The second kappa shape index (κ2) is 10.3. The first kappa shape index (κ1) is 26.3. The molecule has 0 unspecified atom stereocenters. The second-order valence-electron chi connectivity index (χ2n) is 12.2. The van der Waals surface area contributed by atoms with E-state index in [4.69, 9.17) is 0 Å². The minimum absolute atomic E-state index is 1.13. The van der Waals surface area contributed by atoms with Crippen molar-refractivity contribution in [1.29, 1.82) is 0 Å². The number of anilines is 3. The van der Waals surface area contributed by atoms with Crippen LogP contribution in [0.5, 0.6) is 0 Å². The molecular formula is C44H28N2S. The maximum Gasteiger partial charge on any atom is 0.0619 e. The smallest absolute Gasteiger partial charge is 0.0619 e. The third-order valence-corrected chi connectivity index (χ3v) is 10.7. The number of nitrogens with zero attached hydrogens (tertiary/aromatic N) is 2. The van der Waals surface area contributed by atoms with Crippen LogP contribution in [0.1, 0.15) is 0 Å². The van der Waals surface area contributed by atoms with Crippen LogP contribution in [0, 0.1) is 0 Å². The molecule has 0 amide bonds. The van der Waals surface area contributed by atoms with Crippen LogP contribution in [0.15, 0.2) is 170 Å². The summed E-state index contributed by atoms with van der Waals surface area (Å²) in [6.07, 6.45) is 0. The molecule has 0 atom stereocenters. The summed E-state index contributed by atoms with van der Waals surface area (Å²) >= 11 is 1.90. The standard InChI is InChI=1S/C44H28N2S/c1-3-13-31(14-4-1)45(32-15-5-2-6-16-32)34-21-26-41-40(28-34)37-23-25-39-36(22-24-38-35-17-9-10-18-42(35)47-44(38)39)43(37)46(41)33-20-19-29-11-7-8-12-30(29)27-33/h1-28H. The van der Waals surface area contributed by atoms with Gasteiger partial charge < -0.3 is 9.47 Å². The number of hydrogen-bond donors (Lipinski definition) is 0. The predicted octanol–water partition coefficient (Wildman–Crippen LogP) is 12.9. The topological polar surface area (TPSA) is 8.17 Å². The summed E-state index contributed by atoms with van der Waals surface area (Å²) in [5.41, 5.74) is 7.01. The molecule has 2 nitrogen and oxygen atoms in total. The maximum atomic E-state index is 2.48. The molecule has 0 spiro atoms. The van der Waals surface area contributed by atoms with Crippen molar-refractivity contribution in [3.05, 3.63) is 170 Å². The Labute approximate surface area is 276 Å². The number of para-hydroxylation sites is 2. The predicted molar refractivity (Wildman–Crippen MR) is 203 cm³/mol. The zero-order valence-electron chi connectivity index (χ0n) is 25.5. The monoisotopic (exact) mass is 616 g/mol. The number of benzene rings is 8. The van der Waals surface area contributed by atoms with Crippen LogP contribution in [-0.2, 0) is 0 Å². The second-order valence-corrected chi connectivity index (χ2v) is 13.2. The van der Waals surface area contributed by atoms with Gasteiger partial charge in [0.05, 0.1) is 11.0 Å². The van der Waals surface area contributed by atoms with Crippen molar-refractivity contribution in [2.75, 3.05) is 4.90 Å². The Morgan fingerprint density at radius 1 is 0.404 bits per heavy atom. The summed E-state index contributed by atoms with van der Waals surface area (Å²) in [6, 6.07) is 61.9. The zero-order chi connectivity index (χ0) is 30.9. The van der Waals surface area contributed by atoms with E-state index >= 15 is 0 Å². The molecule has 0 aliphatic carbocycles. The van der Waals surface area contributed by atoms with Crippen molar-refractivity contribution in [1.82, 2.24) is 4.57 Å². The average Bonchev–Trinajstić information content (AvgIpc) is 3.68. The van der Waals surface area contributed by atoms with E-state index in [9.17, 15) is 0 Å². The summed E-state index contributed by atoms with van der Waals surface area (Å²) in [5.74, 6) is 0. The van der Waals surface area contributed by atoms with Gasteiger partial charge in [0.25, 0.3) is 0 Å². The average molecular weight is 617 g/mol. The fourth-order valence-corrected chi connectivity index (χ4v) is 8.64. The first-order valence-corrected chi connectivity index (χ1v) is 16.8. The Morgan fingerprint density at radius 2 is 1.02 bits per heavy atom. The van der Waals surface area contributed by atoms with Gasteiger partial charge in [0.1, 0.15) is 0 Å². The van der Waals surface area contributed by atoms with E-state index in [-0.39, 0.29) is 0 Å².